The highest BCUT2D eigenvalue weighted by Crippen LogP contribution is 2.40. The first-order chi connectivity index (χ1) is 10.2. The molecule has 0 spiro atoms. The molecule has 1 aliphatic heterocycles. The quantitative estimate of drug-likeness (QED) is 0.873. The second-order valence-corrected chi connectivity index (χ2v) is 6.57. The van der Waals surface area contributed by atoms with Gasteiger partial charge in [-0.25, -0.2) is 4.98 Å². The average Bonchev–Trinajstić information content (AvgIpc) is 3.07. The van der Waals surface area contributed by atoms with E-state index in [9.17, 15) is 5.11 Å². The number of anilines is 1. The number of fused-ring (bicyclic) bond motifs is 1. The fourth-order valence-corrected chi connectivity index (χ4v) is 3.89. The van der Waals surface area contributed by atoms with Gasteiger partial charge in [-0.05, 0) is 44.7 Å². The van der Waals surface area contributed by atoms with Crippen molar-refractivity contribution < 1.29 is 5.11 Å². The minimum Gasteiger partial charge on any atom is -0.393 e. The molecule has 0 amide bonds. The van der Waals surface area contributed by atoms with Gasteiger partial charge in [0.1, 0.15) is 5.82 Å². The SMILES string of the molecule is CCCNC(C)c1cccnc1N1CC2CCC(O)C2C1. The molecule has 0 radical (unpaired) electrons. The van der Waals surface area contributed by atoms with Crippen LogP contribution in [0, 0.1) is 11.8 Å². The van der Waals surface area contributed by atoms with Crippen molar-refractivity contribution >= 4 is 5.82 Å². The van der Waals surface area contributed by atoms with E-state index >= 15 is 0 Å². The van der Waals surface area contributed by atoms with Crippen molar-refractivity contribution in [1.82, 2.24) is 10.3 Å². The lowest BCUT2D eigenvalue weighted by Crippen LogP contribution is -2.28. The standard InChI is InChI=1S/C17H27N3O/c1-3-8-18-12(2)14-5-4-9-19-17(14)20-10-13-6-7-16(21)15(13)11-20/h4-5,9,12-13,15-16,18,21H,3,6-8,10-11H2,1-2H3. The molecule has 4 unspecified atom stereocenters. The van der Waals surface area contributed by atoms with Crippen molar-refractivity contribution in [2.24, 2.45) is 11.8 Å². The van der Waals surface area contributed by atoms with E-state index in [0.717, 1.165) is 44.7 Å². The van der Waals surface area contributed by atoms with Gasteiger partial charge in [0, 0.05) is 36.8 Å². The molecule has 116 valence electrons. The monoisotopic (exact) mass is 289 g/mol. The molecule has 1 aliphatic carbocycles. The number of aliphatic hydroxyl groups is 1. The molecular formula is C17H27N3O. The van der Waals surface area contributed by atoms with Crippen LogP contribution in [0.2, 0.25) is 0 Å². The Morgan fingerprint density at radius 3 is 3.05 bits per heavy atom. The molecule has 4 atom stereocenters. The first-order valence-electron chi connectivity index (χ1n) is 8.32. The fourth-order valence-electron chi connectivity index (χ4n) is 3.89. The lowest BCUT2D eigenvalue weighted by Gasteiger charge is -2.25. The summed E-state index contributed by atoms with van der Waals surface area (Å²) in [6, 6.07) is 4.52. The summed E-state index contributed by atoms with van der Waals surface area (Å²) in [7, 11) is 0. The Bertz CT molecular complexity index is 479. The number of rotatable bonds is 5. The predicted octanol–water partition coefficient (Wildman–Crippen LogP) is 2.35. The smallest absolute Gasteiger partial charge is 0.133 e. The molecule has 2 N–H and O–H groups in total. The number of pyridine rings is 1. The number of aliphatic hydroxyl groups excluding tert-OH is 1. The van der Waals surface area contributed by atoms with Crippen molar-refractivity contribution in [2.75, 3.05) is 24.5 Å². The summed E-state index contributed by atoms with van der Waals surface area (Å²) in [4.78, 5) is 7.03. The summed E-state index contributed by atoms with van der Waals surface area (Å²) in [5, 5.41) is 13.7. The zero-order chi connectivity index (χ0) is 14.8. The Morgan fingerprint density at radius 1 is 1.43 bits per heavy atom. The molecule has 1 aromatic rings. The summed E-state index contributed by atoms with van der Waals surface area (Å²) < 4.78 is 0. The summed E-state index contributed by atoms with van der Waals surface area (Å²) in [6.07, 6.45) is 5.05. The fraction of sp³-hybridized carbons (Fsp3) is 0.706. The van der Waals surface area contributed by atoms with E-state index in [1.165, 1.54) is 5.56 Å². The molecule has 3 rings (SSSR count). The van der Waals surface area contributed by atoms with Crippen LogP contribution in [0.5, 0.6) is 0 Å². The highest BCUT2D eigenvalue weighted by atomic mass is 16.3. The van der Waals surface area contributed by atoms with Crippen molar-refractivity contribution in [1.29, 1.82) is 0 Å². The van der Waals surface area contributed by atoms with E-state index in [-0.39, 0.29) is 6.10 Å². The molecule has 2 heterocycles. The number of nitrogens with zero attached hydrogens (tertiary/aromatic N) is 2. The zero-order valence-electron chi connectivity index (χ0n) is 13.1. The van der Waals surface area contributed by atoms with E-state index in [0.29, 0.717) is 17.9 Å². The number of hydrogen-bond acceptors (Lipinski definition) is 4. The van der Waals surface area contributed by atoms with Crippen LogP contribution in [0.1, 0.15) is 44.7 Å². The van der Waals surface area contributed by atoms with Gasteiger partial charge in [0.15, 0.2) is 0 Å². The van der Waals surface area contributed by atoms with Crippen LogP contribution in [0.15, 0.2) is 18.3 Å². The second-order valence-electron chi connectivity index (χ2n) is 6.57. The third-order valence-electron chi connectivity index (χ3n) is 5.10. The van der Waals surface area contributed by atoms with Crippen molar-refractivity contribution in [3.8, 4) is 0 Å². The average molecular weight is 289 g/mol. The zero-order valence-corrected chi connectivity index (χ0v) is 13.1. The maximum Gasteiger partial charge on any atom is 0.133 e. The highest BCUT2D eigenvalue weighted by molar-refractivity contribution is 5.49. The van der Waals surface area contributed by atoms with E-state index in [1.54, 1.807) is 0 Å². The van der Waals surface area contributed by atoms with Gasteiger partial charge in [-0.15, -0.1) is 0 Å². The van der Waals surface area contributed by atoms with Crippen molar-refractivity contribution in [2.45, 2.75) is 45.3 Å². The minimum atomic E-state index is -0.109. The predicted molar refractivity (Wildman–Crippen MR) is 85.4 cm³/mol. The number of nitrogens with one attached hydrogen (secondary N) is 1. The molecule has 1 saturated carbocycles. The first kappa shape index (κ1) is 14.8. The lowest BCUT2D eigenvalue weighted by molar-refractivity contribution is 0.133. The molecule has 0 aromatic carbocycles. The van der Waals surface area contributed by atoms with Gasteiger partial charge in [-0.3, -0.25) is 0 Å². The van der Waals surface area contributed by atoms with Gasteiger partial charge < -0.3 is 15.3 Å². The van der Waals surface area contributed by atoms with Gasteiger partial charge in [0.25, 0.3) is 0 Å². The third kappa shape index (κ3) is 2.92. The Balaban J connectivity index is 1.77. The van der Waals surface area contributed by atoms with E-state index in [2.05, 4.69) is 35.1 Å². The van der Waals surface area contributed by atoms with Gasteiger partial charge in [0.05, 0.1) is 6.10 Å². The van der Waals surface area contributed by atoms with Crippen LogP contribution in [-0.2, 0) is 0 Å². The van der Waals surface area contributed by atoms with Crippen molar-refractivity contribution in [3.05, 3.63) is 23.9 Å². The van der Waals surface area contributed by atoms with Gasteiger partial charge in [-0.2, -0.15) is 0 Å². The van der Waals surface area contributed by atoms with E-state index in [4.69, 9.17) is 0 Å². The van der Waals surface area contributed by atoms with E-state index in [1.807, 2.05) is 12.3 Å². The first-order valence-corrected chi connectivity index (χ1v) is 8.32. The Hall–Kier alpha value is -1.13. The second kappa shape index (κ2) is 6.32. The lowest BCUT2D eigenvalue weighted by atomic mass is 10.00. The maximum absolute atomic E-state index is 10.1. The largest absolute Gasteiger partial charge is 0.393 e. The van der Waals surface area contributed by atoms with Crippen LogP contribution in [0.25, 0.3) is 0 Å². The van der Waals surface area contributed by atoms with Crippen LogP contribution in [0.3, 0.4) is 0 Å². The topological polar surface area (TPSA) is 48.4 Å². The van der Waals surface area contributed by atoms with Crippen molar-refractivity contribution in [3.63, 3.8) is 0 Å². The van der Waals surface area contributed by atoms with Crippen LogP contribution < -0.4 is 10.2 Å². The highest BCUT2D eigenvalue weighted by Gasteiger charge is 2.42. The third-order valence-corrected chi connectivity index (χ3v) is 5.10. The van der Waals surface area contributed by atoms with Gasteiger partial charge >= 0.3 is 0 Å². The van der Waals surface area contributed by atoms with Gasteiger partial charge in [-0.1, -0.05) is 13.0 Å². The Morgan fingerprint density at radius 2 is 2.29 bits per heavy atom. The molecule has 2 fully saturated rings. The van der Waals surface area contributed by atoms with Crippen LogP contribution in [0.4, 0.5) is 5.82 Å². The summed E-state index contributed by atoms with van der Waals surface area (Å²) in [6.45, 7) is 7.43. The summed E-state index contributed by atoms with van der Waals surface area (Å²) in [5.41, 5.74) is 1.28. The number of hydrogen-bond donors (Lipinski definition) is 2. The van der Waals surface area contributed by atoms with E-state index < -0.39 is 0 Å². The normalized spacial score (nSPS) is 29.7. The minimum absolute atomic E-state index is 0.109. The molecule has 1 aromatic heterocycles. The maximum atomic E-state index is 10.1. The molecule has 4 nitrogen and oxygen atoms in total. The summed E-state index contributed by atoms with van der Waals surface area (Å²) in [5.74, 6) is 2.20. The molecule has 21 heavy (non-hydrogen) atoms. The Labute approximate surface area is 127 Å². The molecular weight excluding hydrogens is 262 g/mol. The molecule has 1 saturated heterocycles. The molecule has 4 heteroatoms. The van der Waals surface area contributed by atoms with Crippen LogP contribution in [-0.4, -0.2) is 35.8 Å². The van der Waals surface area contributed by atoms with Crippen LogP contribution >= 0.6 is 0 Å². The molecule has 0 bridgehead atoms. The number of aromatic nitrogens is 1. The molecule has 2 aliphatic rings. The summed E-state index contributed by atoms with van der Waals surface area (Å²) >= 11 is 0. The van der Waals surface area contributed by atoms with Gasteiger partial charge in [0.2, 0.25) is 0 Å². The Kier molecular flexibility index (Phi) is 4.45.